The molecule has 0 saturated heterocycles. The summed E-state index contributed by atoms with van der Waals surface area (Å²) in [6, 6.07) is 30.3. The number of phenols is 1. The Kier molecular flexibility index (Phi) is 8.89. The molecule has 4 aromatic carbocycles. The molecule has 2 aliphatic heterocycles. The van der Waals surface area contributed by atoms with Crippen LogP contribution in [0.4, 0.5) is 16.2 Å². The number of aromatic nitrogens is 1. The lowest BCUT2D eigenvalue weighted by Crippen LogP contribution is -2.44. The van der Waals surface area contributed by atoms with E-state index in [9.17, 15) is 19.5 Å². The van der Waals surface area contributed by atoms with Crippen LogP contribution in [-0.4, -0.2) is 64.0 Å². The summed E-state index contributed by atoms with van der Waals surface area (Å²) >= 11 is 0. The number of carbonyl (C=O) groups is 3. The first-order valence-corrected chi connectivity index (χ1v) is 17.4. The molecule has 2 aliphatic rings. The van der Waals surface area contributed by atoms with Crippen molar-refractivity contribution in [1.29, 1.82) is 0 Å². The van der Waals surface area contributed by atoms with Gasteiger partial charge in [0.2, 0.25) is 0 Å². The number of aromatic hydroxyl groups is 1. The van der Waals surface area contributed by atoms with Crippen LogP contribution in [-0.2, 0) is 33.0 Å². The third-order valence-electron chi connectivity index (χ3n) is 10.6. The number of phenolic OH excluding ortho intramolecular Hbond substituents is 1. The highest BCUT2D eigenvalue weighted by Gasteiger charge is 2.33. The standard InChI is InChI=1S/C42H43N5O4/c1-27-21-29-11-9-10-12-31(29)26-47(27)41(50)38-23-32-25-46(42(51)45(5)33-13-7-6-8-14-33)20-19-30(32)22-37(38)39-24-36(28(2)43(39)3)40(49)44(4)34-15-17-35(48)18-16-34/h6-18,22-24,27,48H,19-21,25-26H2,1-5H3/t27-/m1/s1. The van der Waals surface area contributed by atoms with Gasteiger partial charge in [-0.15, -0.1) is 0 Å². The summed E-state index contributed by atoms with van der Waals surface area (Å²) in [6.07, 6.45) is 1.40. The van der Waals surface area contributed by atoms with Crippen LogP contribution in [0.25, 0.3) is 11.3 Å². The fraction of sp³-hybridized carbons (Fsp3) is 0.262. The van der Waals surface area contributed by atoms with Gasteiger partial charge in [0.25, 0.3) is 11.8 Å². The van der Waals surface area contributed by atoms with Crippen molar-refractivity contribution < 1.29 is 19.5 Å². The van der Waals surface area contributed by atoms with Crippen LogP contribution in [0.1, 0.15) is 55.6 Å². The first-order chi connectivity index (χ1) is 24.5. The lowest BCUT2D eigenvalue weighted by atomic mass is 9.90. The second-order valence-corrected chi connectivity index (χ2v) is 13.7. The molecule has 9 nitrogen and oxygen atoms in total. The molecule has 4 amide bonds. The minimum absolute atomic E-state index is 0.0138. The Labute approximate surface area is 298 Å². The van der Waals surface area contributed by atoms with Gasteiger partial charge in [0.05, 0.1) is 5.56 Å². The molecule has 1 aromatic heterocycles. The Bertz CT molecular complexity index is 2140. The Hall–Kier alpha value is -5.83. The third kappa shape index (κ3) is 6.24. The van der Waals surface area contributed by atoms with Gasteiger partial charge in [0.15, 0.2) is 0 Å². The van der Waals surface area contributed by atoms with E-state index in [4.69, 9.17) is 0 Å². The molecular weight excluding hydrogens is 638 g/mol. The number of urea groups is 1. The van der Waals surface area contributed by atoms with Gasteiger partial charge < -0.3 is 24.4 Å². The molecule has 3 heterocycles. The largest absolute Gasteiger partial charge is 0.508 e. The predicted molar refractivity (Wildman–Crippen MR) is 200 cm³/mol. The minimum atomic E-state index is -0.191. The zero-order valence-corrected chi connectivity index (χ0v) is 29.8. The van der Waals surface area contributed by atoms with Crippen LogP contribution in [0.3, 0.4) is 0 Å². The molecule has 0 spiro atoms. The highest BCUT2D eigenvalue weighted by atomic mass is 16.3. The Morgan fingerprint density at radius 3 is 2.14 bits per heavy atom. The number of hydrogen-bond donors (Lipinski definition) is 1. The average molecular weight is 682 g/mol. The summed E-state index contributed by atoms with van der Waals surface area (Å²) in [6.45, 7) is 5.44. The van der Waals surface area contributed by atoms with Crippen molar-refractivity contribution in [3.63, 3.8) is 0 Å². The van der Waals surface area contributed by atoms with Crippen molar-refractivity contribution in [2.24, 2.45) is 7.05 Å². The Morgan fingerprint density at radius 1 is 0.745 bits per heavy atom. The minimum Gasteiger partial charge on any atom is -0.508 e. The second-order valence-electron chi connectivity index (χ2n) is 13.7. The molecule has 0 saturated carbocycles. The summed E-state index contributed by atoms with van der Waals surface area (Å²) in [5, 5.41) is 9.77. The molecule has 0 bridgehead atoms. The van der Waals surface area contributed by atoms with Gasteiger partial charge in [-0.25, -0.2) is 4.79 Å². The van der Waals surface area contributed by atoms with Crippen LogP contribution in [0.2, 0.25) is 0 Å². The number of benzene rings is 4. The van der Waals surface area contributed by atoms with E-state index in [1.807, 2.05) is 82.9 Å². The van der Waals surface area contributed by atoms with Crippen LogP contribution in [0, 0.1) is 6.92 Å². The Balaban J connectivity index is 1.28. The van der Waals surface area contributed by atoms with E-state index in [1.165, 1.54) is 5.56 Å². The molecule has 0 aliphatic carbocycles. The molecule has 7 rings (SSSR count). The van der Waals surface area contributed by atoms with E-state index < -0.39 is 0 Å². The molecule has 1 atom stereocenters. The number of anilines is 2. The molecule has 0 unspecified atom stereocenters. The molecule has 0 radical (unpaired) electrons. The van der Waals surface area contributed by atoms with Crippen molar-refractivity contribution in [2.45, 2.75) is 45.8 Å². The van der Waals surface area contributed by atoms with Crippen molar-refractivity contribution in [3.05, 3.63) is 136 Å². The number of hydrogen-bond acceptors (Lipinski definition) is 4. The molecule has 5 aromatic rings. The van der Waals surface area contributed by atoms with E-state index in [1.54, 1.807) is 48.2 Å². The zero-order valence-electron chi connectivity index (χ0n) is 29.8. The number of nitrogens with zero attached hydrogens (tertiary/aromatic N) is 5. The lowest BCUT2D eigenvalue weighted by molar-refractivity contribution is 0.0658. The monoisotopic (exact) mass is 681 g/mol. The number of rotatable bonds is 5. The first-order valence-electron chi connectivity index (χ1n) is 17.4. The zero-order chi connectivity index (χ0) is 36.0. The second kappa shape index (κ2) is 13.5. The van der Waals surface area contributed by atoms with E-state index in [0.717, 1.165) is 45.7 Å². The summed E-state index contributed by atoms with van der Waals surface area (Å²) in [5.41, 5.74) is 9.30. The topological polar surface area (TPSA) is 89.3 Å². The van der Waals surface area contributed by atoms with Gasteiger partial charge in [-0.1, -0.05) is 42.5 Å². The summed E-state index contributed by atoms with van der Waals surface area (Å²) in [5.74, 6) is -0.138. The van der Waals surface area contributed by atoms with Crippen molar-refractivity contribution in [3.8, 4) is 17.0 Å². The molecule has 1 N–H and O–H groups in total. The molecule has 51 heavy (non-hydrogen) atoms. The third-order valence-corrected chi connectivity index (χ3v) is 10.6. The van der Waals surface area contributed by atoms with E-state index in [0.29, 0.717) is 42.9 Å². The fourth-order valence-corrected chi connectivity index (χ4v) is 7.39. The predicted octanol–water partition coefficient (Wildman–Crippen LogP) is 7.18. The molecule has 9 heteroatoms. The average Bonchev–Trinajstić information content (AvgIpc) is 3.45. The lowest BCUT2D eigenvalue weighted by Gasteiger charge is -2.36. The molecular formula is C42H43N5O4. The van der Waals surface area contributed by atoms with Crippen LogP contribution in [0.5, 0.6) is 5.75 Å². The quantitative estimate of drug-likeness (QED) is 0.213. The van der Waals surface area contributed by atoms with Gasteiger partial charge in [-0.2, -0.15) is 0 Å². The van der Waals surface area contributed by atoms with Gasteiger partial charge in [-0.05, 0) is 104 Å². The maximum Gasteiger partial charge on any atom is 0.324 e. The number of amides is 4. The van der Waals surface area contributed by atoms with E-state index in [2.05, 4.69) is 25.1 Å². The highest BCUT2D eigenvalue weighted by Crippen LogP contribution is 2.36. The maximum atomic E-state index is 14.8. The van der Waals surface area contributed by atoms with Crippen molar-refractivity contribution >= 4 is 29.2 Å². The number of fused-ring (bicyclic) bond motifs is 2. The van der Waals surface area contributed by atoms with Crippen LogP contribution in [0.15, 0.2) is 97.1 Å². The summed E-state index contributed by atoms with van der Waals surface area (Å²) < 4.78 is 1.98. The molecule has 260 valence electrons. The maximum absolute atomic E-state index is 14.8. The van der Waals surface area contributed by atoms with Gasteiger partial charge >= 0.3 is 6.03 Å². The van der Waals surface area contributed by atoms with E-state index >= 15 is 0 Å². The van der Waals surface area contributed by atoms with E-state index in [-0.39, 0.29) is 29.6 Å². The fourth-order valence-electron chi connectivity index (χ4n) is 7.39. The smallest absolute Gasteiger partial charge is 0.324 e. The van der Waals surface area contributed by atoms with Gasteiger partial charge in [-0.3, -0.25) is 14.5 Å². The van der Waals surface area contributed by atoms with Gasteiger partial charge in [0, 0.05) is 80.7 Å². The summed E-state index contributed by atoms with van der Waals surface area (Å²) in [4.78, 5) is 49.4. The normalized spacial score (nSPS) is 15.2. The van der Waals surface area contributed by atoms with Crippen molar-refractivity contribution in [1.82, 2.24) is 14.4 Å². The van der Waals surface area contributed by atoms with Crippen molar-refractivity contribution in [2.75, 3.05) is 30.4 Å². The Morgan fingerprint density at radius 2 is 1.41 bits per heavy atom. The number of carbonyl (C=O) groups excluding carboxylic acids is 3. The SMILES string of the molecule is Cc1c(C(=O)N(C)c2ccc(O)cc2)cc(-c2cc3c(cc2C(=O)N2Cc4ccccc4C[C@H]2C)CN(C(=O)N(C)c2ccccc2)CC3)n1C. The van der Waals surface area contributed by atoms with Crippen LogP contribution >= 0.6 is 0 Å². The molecule has 0 fully saturated rings. The number of para-hydroxylation sites is 1. The first kappa shape index (κ1) is 33.7. The highest BCUT2D eigenvalue weighted by molar-refractivity contribution is 6.08. The van der Waals surface area contributed by atoms with Crippen LogP contribution < -0.4 is 9.80 Å². The summed E-state index contributed by atoms with van der Waals surface area (Å²) in [7, 11) is 5.43. The van der Waals surface area contributed by atoms with Gasteiger partial charge in [0.1, 0.15) is 5.75 Å².